The van der Waals surface area contributed by atoms with Crippen LogP contribution in [0.1, 0.15) is 13.8 Å². The molecule has 1 N–H and O–H groups in total. The molecule has 0 unspecified atom stereocenters. The minimum Gasteiger partial charge on any atom is -0.493 e. The van der Waals surface area contributed by atoms with E-state index in [1.165, 1.54) is 12.2 Å². The predicted octanol–water partition coefficient (Wildman–Crippen LogP) is 2.68. The van der Waals surface area contributed by atoms with E-state index in [1.807, 2.05) is 48.5 Å². The average molecular weight is 364 g/mol. The first-order valence-corrected chi connectivity index (χ1v) is 8.20. The van der Waals surface area contributed by atoms with E-state index in [0.29, 0.717) is 5.75 Å². The summed E-state index contributed by atoms with van der Waals surface area (Å²) in [5.74, 6) is 1.43. The van der Waals surface area contributed by atoms with Crippen molar-refractivity contribution >= 4 is 31.4 Å². The lowest BCUT2D eigenvalue weighted by Crippen LogP contribution is -2.42. The number of rotatable bonds is 6. The van der Waals surface area contributed by atoms with Gasteiger partial charge in [0.05, 0.1) is 19.9 Å². The Kier molecular flexibility index (Phi) is 12.2. The molecule has 1 aromatic rings. The van der Waals surface area contributed by atoms with Crippen LogP contribution >= 0.6 is 25.7 Å². The van der Waals surface area contributed by atoms with Crippen LogP contribution in [0.4, 0.5) is 5.69 Å². The Balaban J connectivity index is 0.00000155. The van der Waals surface area contributed by atoms with E-state index in [4.69, 9.17) is 13.8 Å². The van der Waals surface area contributed by atoms with Crippen molar-refractivity contribution < 1.29 is 13.8 Å². The van der Waals surface area contributed by atoms with Crippen LogP contribution in [-0.4, -0.2) is 52.5 Å². The number of methoxy groups -OCH3 is 2. The number of hydrogen-bond donors (Lipinski definition) is 1. The third-order valence-electron chi connectivity index (χ3n) is 3.06. The van der Waals surface area contributed by atoms with Crippen molar-refractivity contribution in [1.82, 2.24) is 10.4 Å². The number of nitrogens with one attached hydrogen (secondary N) is 1. The van der Waals surface area contributed by atoms with Gasteiger partial charge in [-0.1, -0.05) is 13.8 Å². The first-order chi connectivity index (χ1) is 10.7. The standard InChI is InChI=1S/C13H21N3O3S.C2H6.H2S/c1-15(20-19-16-8-6-14-7-9-16)11-4-5-12(17-2)13(10-11)18-3;1-2;/h4-5,10,14H,6-9H2,1-3H3;1-2H3;1H2. The first kappa shape index (κ1) is 22.2. The van der Waals surface area contributed by atoms with Crippen LogP contribution < -0.4 is 19.1 Å². The van der Waals surface area contributed by atoms with Crippen molar-refractivity contribution in [2.45, 2.75) is 13.8 Å². The average Bonchev–Trinajstić information content (AvgIpc) is 2.61. The molecule has 1 heterocycles. The number of hydrogen-bond acceptors (Lipinski definition) is 7. The van der Waals surface area contributed by atoms with Crippen LogP contribution in [0.15, 0.2) is 18.2 Å². The Hall–Kier alpha value is -0.800. The molecule has 6 nitrogen and oxygen atoms in total. The normalized spacial score (nSPS) is 14.1. The molecule has 0 atom stereocenters. The van der Waals surface area contributed by atoms with Gasteiger partial charge >= 0.3 is 0 Å². The minimum atomic E-state index is 0. The maximum absolute atomic E-state index is 5.69. The van der Waals surface area contributed by atoms with Gasteiger partial charge in [-0.2, -0.15) is 18.6 Å². The molecule has 8 heteroatoms. The van der Waals surface area contributed by atoms with Gasteiger partial charge in [0.25, 0.3) is 0 Å². The number of benzene rings is 1. The zero-order valence-corrected chi connectivity index (χ0v) is 16.4. The Morgan fingerprint density at radius 1 is 1.09 bits per heavy atom. The molecule has 1 aliphatic rings. The van der Waals surface area contributed by atoms with Crippen LogP contribution in [0.3, 0.4) is 0 Å². The van der Waals surface area contributed by atoms with Gasteiger partial charge in [0, 0.05) is 39.3 Å². The van der Waals surface area contributed by atoms with Crippen molar-refractivity contribution in [2.75, 3.05) is 51.8 Å². The highest BCUT2D eigenvalue weighted by atomic mass is 32.2. The lowest BCUT2D eigenvalue weighted by atomic mass is 10.3. The molecule has 1 aromatic carbocycles. The molecule has 0 amide bonds. The van der Waals surface area contributed by atoms with Gasteiger partial charge in [-0.3, -0.25) is 4.31 Å². The molecule has 1 aliphatic heterocycles. The fraction of sp³-hybridized carbons (Fsp3) is 0.600. The second kappa shape index (κ2) is 12.6. The second-order valence-electron chi connectivity index (χ2n) is 4.36. The van der Waals surface area contributed by atoms with Crippen molar-refractivity contribution in [3.8, 4) is 11.5 Å². The molecule has 0 saturated carbocycles. The van der Waals surface area contributed by atoms with E-state index >= 15 is 0 Å². The molecule has 134 valence electrons. The highest BCUT2D eigenvalue weighted by molar-refractivity contribution is 7.96. The molecule has 0 spiro atoms. The van der Waals surface area contributed by atoms with Gasteiger partial charge in [0.1, 0.15) is 12.2 Å². The summed E-state index contributed by atoms with van der Waals surface area (Å²) in [6.45, 7) is 7.71. The van der Waals surface area contributed by atoms with E-state index in [9.17, 15) is 0 Å². The lowest BCUT2D eigenvalue weighted by molar-refractivity contribution is -0.0464. The van der Waals surface area contributed by atoms with Crippen LogP contribution in [0.5, 0.6) is 11.5 Å². The van der Waals surface area contributed by atoms with Crippen molar-refractivity contribution in [3.63, 3.8) is 0 Å². The summed E-state index contributed by atoms with van der Waals surface area (Å²) >= 11 is 1.30. The second-order valence-corrected chi connectivity index (χ2v) is 5.21. The smallest absolute Gasteiger partial charge is 0.162 e. The molecular weight excluding hydrogens is 334 g/mol. The largest absolute Gasteiger partial charge is 0.493 e. The zero-order chi connectivity index (χ0) is 16.4. The Morgan fingerprint density at radius 2 is 1.70 bits per heavy atom. The fourth-order valence-electron chi connectivity index (χ4n) is 1.88. The van der Waals surface area contributed by atoms with Gasteiger partial charge < -0.3 is 14.8 Å². The third kappa shape index (κ3) is 7.09. The van der Waals surface area contributed by atoms with Gasteiger partial charge in [-0.15, -0.1) is 0 Å². The maximum Gasteiger partial charge on any atom is 0.162 e. The molecule has 1 saturated heterocycles. The molecule has 0 radical (unpaired) electrons. The predicted molar refractivity (Wildman–Crippen MR) is 103 cm³/mol. The van der Waals surface area contributed by atoms with E-state index < -0.39 is 0 Å². The summed E-state index contributed by atoms with van der Waals surface area (Å²) in [5.41, 5.74) is 0.989. The van der Waals surface area contributed by atoms with Gasteiger partial charge in [-0.25, -0.2) is 4.28 Å². The van der Waals surface area contributed by atoms with Crippen LogP contribution in [0, 0.1) is 0 Å². The molecular formula is C15H29N3O3S2. The highest BCUT2D eigenvalue weighted by Gasteiger charge is 2.13. The summed E-state index contributed by atoms with van der Waals surface area (Å²) in [5, 5.41) is 5.24. The number of nitrogens with zero attached hydrogens (tertiary/aromatic N) is 2. The van der Waals surface area contributed by atoms with Crippen molar-refractivity contribution in [1.29, 1.82) is 0 Å². The van der Waals surface area contributed by atoms with Crippen molar-refractivity contribution in [3.05, 3.63) is 18.2 Å². The SMILES string of the molecule is CC.COc1ccc(N(C)SON2CCNCC2)cc1OC.S. The van der Waals surface area contributed by atoms with Crippen LogP contribution in [0.2, 0.25) is 0 Å². The Morgan fingerprint density at radius 3 is 2.26 bits per heavy atom. The summed E-state index contributed by atoms with van der Waals surface area (Å²) in [4.78, 5) is 0. The van der Waals surface area contributed by atoms with Gasteiger partial charge in [0.15, 0.2) is 11.5 Å². The van der Waals surface area contributed by atoms with Gasteiger partial charge in [0.2, 0.25) is 0 Å². The topological polar surface area (TPSA) is 46.2 Å². The lowest BCUT2D eigenvalue weighted by Gasteiger charge is -2.27. The monoisotopic (exact) mass is 363 g/mol. The highest BCUT2D eigenvalue weighted by Crippen LogP contribution is 2.33. The van der Waals surface area contributed by atoms with E-state index in [0.717, 1.165) is 37.6 Å². The molecule has 0 aliphatic carbocycles. The van der Waals surface area contributed by atoms with E-state index in [-0.39, 0.29) is 13.5 Å². The van der Waals surface area contributed by atoms with E-state index in [2.05, 4.69) is 5.32 Å². The molecule has 23 heavy (non-hydrogen) atoms. The molecule has 1 fully saturated rings. The number of hydroxylamine groups is 2. The summed E-state index contributed by atoms with van der Waals surface area (Å²) < 4.78 is 18.2. The number of ether oxygens (including phenoxy) is 2. The molecule has 2 rings (SSSR count). The van der Waals surface area contributed by atoms with E-state index in [1.54, 1.807) is 14.2 Å². The Labute approximate surface area is 151 Å². The summed E-state index contributed by atoms with van der Waals surface area (Å²) in [6.07, 6.45) is 0. The summed E-state index contributed by atoms with van der Waals surface area (Å²) in [7, 11) is 5.21. The first-order valence-electron chi connectivity index (χ1n) is 7.50. The zero-order valence-electron chi connectivity index (χ0n) is 14.6. The van der Waals surface area contributed by atoms with Crippen LogP contribution in [0.25, 0.3) is 0 Å². The number of piperazine rings is 1. The van der Waals surface area contributed by atoms with Gasteiger partial charge in [-0.05, 0) is 12.1 Å². The fourth-order valence-corrected chi connectivity index (χ4v) is 2.42. The van der Waals surface area contributed by atoms with Crippen LogP contribution in [-0.2, 0) is 4.28 Å². The molecule has 0 bridgehead atoms. The molecule has 0 aromatic heterocycles. The quantitative estimate of drug-likeness (QED) is 0.616. The third-order valence-corrected chi connectivity index (χ3v) is 3.77. The number of anilines is 1. The van der Waals surface area contributed by atoms with Crippen molar-refractivity contribution in [2.24, 2.45) is 0 Å². The summed E-state index contributed by atoms with van der Waals surface area (Å²) in [6, 6.07) is 5.78. The minimum absolute atomic E-state index is 0. The Bertz CT molecular complexity index is 432. The maximum atomic E-state index is 5.69.